The van der Waals surface area contributed by atoms with E-state index in [2.05, 4.69) is 4.74 Å². The zero-order valence-electron chi connectivity index (χ0n) is 12.0. The zero-order chi connectivity index (χ0) is 15.3. The fourth-order valence-electron chi connectivity index (χ4n) is 1.95. The van der Waals surface area contributed by atoms with Crippen LogP contribution in [0.1, 0.15) is 27.7 Å². The molecule has 0 radical (unpaired) electrons. The van der Waals surface area contributed by atoms with E-state index < -0.39 is 47.0 Å². The van der Waals surface area contributed by atoms with Crippen LogP contribution in [-0.2, 0) is 9.31 Å². The van der Waals surface area contributed by atoms with E-state index in [1.807, 2.05) is 0 Å². The predicted molar refractivity (Wildman–Crippen MR) is 68.6 cm³/mol. The van der Waals surface area contributed by atoms with Gasteiger partial charge in [0.2, 0.25) is 0 Å². The Hall–Kier alpha value is -1.21. The smallest absolute Gasteiger partial charge is 0.491 e. The molecule has 0 bridgehead atoms. The van der Waals surface area contributed by atoms with Gasteiger partial charge in [-0.1, -0.05) is 0 Å². The molecule has 1 fully saturated rings. The first-order valence-electron chi connectivity index (χ1n) is 6.17. The minimum Gasteiger partial charge on any atom is -0.491 e. The van der Waals surface area contributed by atoms with Crippen LogP contribution in [-0.4, -0.2) is 25.4 Å². The van der Waals surface area contributed by atoms with Crippen LogP contribution in [0.5, 0.6) is 5.75 Å². The molecule has 0 N–H and O–H groups in total. The van der Waals surface area contributed by atoms with Crippen molar-refractivity contribution in [3.63, 3.8) is 0 Å². The van der Waals surface area contributed by atoms with Crippen molar-refractivity contribution < 1.29 is 27.2 Å². The Morgan fingerprint density at radius 1 is 1.00 bits per heavy atom. The van der Waals surface area contributed by atoms with E-state index in [0.29, 0.717) is 6.07 Å². The maximum Gasteiger partial charge on any atom is 0.501 e. The van der Waals surface area contributed by atoms with Crippen LogP contribution in [0.2, 0.25) is 0 Å². The van der Waals surface area contributed by atoms with Crippen molar-refractivity contribution in [1.29, 1.82) is 0 Å². The number of rotatable bonds is 2. The average molecular weight is 288 g/mol. The second-order valence-electron chi connectivity index (χ2n) is 5.69. The second kappa shape index (κ2) is 4.67. The standard InChI is InChI=1S/C13H16BF3O3/c1-12(2)13(3,4)20-14(19-12)9-7(15)6-8(16)11(18-5)10(9)17/h6H,1-5H3. The van der Waals surface area contributed by atoms with Gasteiger partial charge in [-0.2, -0.15) is 0 Å². The fourth-order valence-corrected chi connectivity index (χ4v) is 1.95. The van der Waals surface area contributed by atoms with Gasteiger partial charge in [-0.25, -0.2) is 13.2 Å². The lowest BCUT2D eigenvalue weighted by atomic mass is 9.78. The van der Waals surface area contributed by atoms with Crippen molar-refractivity contribution in [2.24, 2.45) is 0 Å². The first kappa shape index (κ1) is 15.2. The summed E-state index contributed by atoms with van der Waals surface area (Å²) < 4.78 is 57.2. The van der Waals surface area contributed by atoms with Crippen LogP contribution in [0.25, 0.3) is 0 Å². The second-order valence-corrected chi connectivity index (χ2v) is 5.69. The zero-order valence-corrected chi connectivity index (χ0v) is 12.0. The molecule has 0 aliphatic carbocycles. The minimum atomic E-state index is -1.26. The summed E-state index contributed by atoms with van der Waals surface area (Å²) in [6.45, 7) is 7.01. The summed E-state index contributed by atoms with van der Waals surface area (Å²) >= 11 is 0. The van der Waals surface area contributed by atoms with Gasteiger partial charge in [0.05, 0.1) is 23.8 Å². The van der Waals surface area contributed by atoms with Crippen LogP contribution in [0.15, 0.2) is 6.07 Å². The van der Waals surface area contributed by atoms with Crippen molar-refractivity contribution in [2.45, 2.75) is 38.9 Å². The topological polar surface area (TPSA) is 27.7 Å². The van der Waals surface area contributed by atoms with Crippen molar-refractivity contribution in [3.05, 3.63) is 23.5 Å². The minimum absolute atomic E-state index is 0.484. The number of hydrogen-bond acceptors (Lipinski definition) is 3. The highest BCUT2D eigenvalue weighted by Gasteiger charge is 2.53. The SMILES string of the molecule is COc1c(F)cc(F)c(B2OC(C)(C)C(C)(C)O2)c1F. The molecule has 7 heteroatoms. The van der Waals surface area contributed by atoms with Crippen LogP contribution in [0.3, 0.4) is 0 Å². The Morgan fingerprint density at radius 3 is 1.95 bits per heavy atom. The van der Waals surface area contributed by atoms with E-state index in [4.69, 9.17) is 9.31 Å². The van der Waals surface area contributed by atoms with E-state index in [9.17, 15) is 13.2 Å². The molecule has 2 rings (SSSR count). The summed E-state index contributed by atoms with van der Waals surface area (Å²) in [7, 11) is -0.151. The number of ether oxygens (including phenoxy) is 1. The maximum absolute atomic E-state index is 14.2. The van der Waals surface area contributed by atoms with E-state index in [-0.39, 0.29) is 0 Å². The Labute approximate surface area is 116 Å². The highest BCUT2D eigenvalue weighted by Crippen LogP contribution is 2.37. The molecule has 0 unspecified atom stereocenters. The van der Waals surface area contributed by atoms with E-state index in [1.54, 1.807) is 27.7 Å². The van der Waals surface area contributed by atoms with E-state index >= 15 is 0 Å². The molecule has 1 aromatic carbocycles. The summed E-state index contributed by atoms with van der Waals surface area (Å²) in [5.74, 6) is -3.98. The van der Waals surface area contributed by atoms with E-state index in [1.165, 1.54) is 0 Å². The van der Waals surface area contributed by atoms with Gasteiger partial charge in [-0.05, 0) is 27.7 Å². The number of hydrogen-bond donors (Lipinski definition) is 0. The third kappa shape index (κ3) is 2.18. The molecule has 110 valence electrons. The number of halogens is 3. The molecular weight excluding hydrogens is 272 g/mol. The fraction of sp³-hybridized carbons (Fsp3) is 0.538. The summed E-state index contributed by atoms with van der Waals surface area (Å²) in [6, 6.07) is 0.558. The highest BCUT2D eigenvalue weighted by molar-refractivity contribution is 6.62. The van der Waals surface area contributed by atoms with Crippen LogP contribution < -0.4 is 10.2 Å². The van der Waals surface area contributed by atoms with E-state index in [0.717, 1.165) is 7.11 Å². The Morgan fingerprint density at radius 2 is 1.50 bits per heavy atom. The largest absolute Gasteiger partial charge is 0.501 e. The van der Waals surface area contributed by atoms with Crippen LogP contribution in [0, 0.1) is 17.5 Å². The Kier molecular flexibility index (Phi) is 3.54. The molecule has 0 amide bonds. The Balaban J connectivity index is 2.50. The van der Waals surface area contributed by atoms with Gasteiger partial charge in [0.1, 0.15) is 5.82 Å². The van der Waals surface area contributed by atoms with Gasteiger partial charge in [0, 0.05) is 6.07 Å². The van der Waals surface area contributed by atoms with Crippen LogP contribution >= 0.6 is 0 Å². The van der Waals surface area contributed by atoms with Gasteiger partial charge >= 0.3 is 7.12 Å². The molecule has 0 saturated carbocycles. The molecule has 1 aromatic rings. The quantitative estimate of drug-likeness (QED) is 0.782. The molecule has 0 aromatic heterocycles. The van der Waals surface area contributed by atoms with Crippen LogP contribution in [0.4, 0.5) is 13.2 Å². The molecule has 1 saturated heterocycles. The number of benzene rings is 1. The van der Waals surface area contributed by atoms with Gasteiger partial charge in [-0.15, -0.1) is 0 Å². The van der Waals surface area contributed by atoms with Gasteiger partial charge in [-0.3, -0.25) is 0 Å². The third-order valence-electron chi connectivity index (χ3n) is 3.86. The van der Waals surface area contributed by atoms with Crippen molar-refractivity contribution in [2.75, 3.05) is 7.11 Å². The molecule has 1 aliphatic heterocycles. The molecule has 0 atom stereocenters. The summed E-state index contributed by atoms with van der Waals surface area (Å²) in [4.78, 5) is 0. The van der Waals surface area contributed by atoms with Gasteiger partial charge in [0.25, 0.3) is 0 Å². The normalized spacial score (nSPS) is 20.3. The average Bonchev–Trinajstić information content (AvgIpc) is 2.47. The van der Waals surface area contributed by atoms with Crippen molar-refractivity contribution in [1.82, 2.24) is 0 Å². The van der Waals surface area contributed by atoms with Gasteiger partial charge in [0.15, 0.2) is 17.4 Å². The lowest BCUT2D eigenvalue weighted by Gasteiger charge is -2.32. The molecular formula is C13H16BF3O3. The molecule has 1 aliphatic rings. The Bertz CT molecular complexity index is 530. The summed E-state index contributed by atoms with van der Waals surface area (Å²) in [5, 5.41) is 0. The predicted octanol–water partition coefficient (Wildman–Crippen LogP) is 2.41. The third-order valence-corrected chi connectivity index (χ3v) is 3.86. The monoisotopic (exact) mass is 288 g/mol. The maximum atomic E-state index is 14.2. The number of methoxy groups -OCH3 is 1. The molecule has 0 spiro atoms. The van der Waals surface area contributed by atoms with Crippen molar-refractivity contribution >= 4 is 12.6 Å². The summed E-state index contributed by atoms with van der Waals surface area (Å²) in [5.41, 5.74) is -1.99. The highest BCUT2D eigenvalue weighted by atomic mass is 19.1. The first-order chi connectivity index (χ1) is 9.10. The van der Waals surface area contributed by atoms with Gasteiger partial charge < -0.3 is 14.0 Å². The van der Waals surface area contributed by atoms with Crippen molar-refractivity contribution in [3.8, 4) is 5.75 Å². The molecule has 20 heavy (non-hydrogen) atoms. The first-order valence-corrected chi connectivity index (χ1v) is 6.17. The molecule has 1 heterocycles. The molecule has 3 nitrogen and oxygen atoms in total. The lowest BCUT2D eigenvalue weighted by Crippen LogP contribution is -2.41. The summed E-state index contributed by atoms with van der Waals surface area (Å²) in [6.07, 6.45) is 0. The lowest BCUT2D eigenvalue weighted by molar-refractivity contribution is 0.00578.